The molecule has 1 amide bonds. The van der Waals surface area contributed by atoms with Crippen LogP contribution in [0, 0.1) is 11.7 Å². The molecular formula is C29H33FN2O5S. The van der Waals surface area contributed by atoms with Crippen LogP contribution in [0.5, 0.6) is 0 Å². The van der Waals surface area contributed by atoms with Crippen molar-refractivity contribution in [1.82, 2.24) is 9.21 Å². The Morgan fingerprint density at radius 1 is 1.03 bits per heavy atom. The van der Waals surface area contributed by atoms with Crippen molar-refractivity contribution < 1.29 is 27.4 Å². The lowest BCUT2D eigenvalue weighted by Gasteiger charge is -2.35. The van der Waals surface area contributed by atoms with Crippen molar-refractivity contribution in [2.75, 3.05) is 26.7 Å². The molecule has 0 aromatic heterocycles. The van der Waals surface area contributed by atoms with Crippen molar-refractivity contribution in [3.63, 3.8) is 0 Å². The number of hydrogen-bond donors (Lipinski definition) is 1. The third-order valence-corrected chi connectivity index (χ3v) is 8.89. The number of nitrogens with zero attached hydrogens (tertiary/aromatic N) is 2. The Kier molecular flexibility index (Phi) is 8.62. The molecule has 0 aliphatic carbocycles. The summed E-state index contributed by atoms with van der Waals surface area (Å²) in [5.74, 6) is -1.01. The lowest BCUT2D eigenvalue weighted by Crippen LogP contribution is -2.47. The number of carbonyl (C=O) groups is 1. The summed E-state index contributed by atoms with van der Waals surface area (Å²) in [4.78, 5) is 15.5. The first-order chi connectivity index (χ1) is 18.1. The van der Waals surface area contributed by atoms with Crippen LogP contribution in [0.2, 0.25) is 0 Å². The van der Waals surface area contributed by atoms with Crippen LogP contribution in [-0.4, -0.2) is 67.5 Å². The standard InChI is InChI=1S/C29H33FN2O5S/c1-20-16-32(21(2)18-33)29(34)27-11-7-6-10-26(27)25-9-5-4-8-22(25)19-37-28(20)17-31(3)38(35,36)24-14-12-23(30)13-15-24/h4-15,20-21,28,33H,16-19H2,1-3H3/t20-,21+,28+/m0/s1. The van der Waals surface area contributed by atoms with Crippen LogP contribution in [0.4, 0.5) is 4.39 Å². The fourth-order valence-corrected chi connectivity index (χ4v) is 5.87. The predicted octanol–water partition coefficient (Wildman–Crippen LogP) is 4.17. The maximum absolute atomic E-state index is 13.9. The Hall–Kier alpha value is -3.11. The quantitative estimate of drug-likeness (QED) is 0.507. The highest BCUT2D eigenvalue weighted by atomic mass is 32.2. The highest BCUT2D eigenvalue weighted by molar-refractivity contribution is 7.89. The molecule has 1 heterocycles. The Labute approximate surface area is 223 Å². The molecule has 3 atom stereocenters. The SMILES string of the molecule is C[C@H](CO)N1C[C@H](C)[C@@H](CN(C)S(=O)(=O)c2ccc(F)cc2)OCc2ccccc2-c2ccccc2C1=O. The summed E-state index contributed by atoms with van der Waals surface area (Å²) in [6, 6.07) is 19.3. The van der Waals surface area contributed by atoms with Crippen LogP contribution in [0.1, 0.15) is 29.8 Å². The zero-order valence-electron chi connectivity index (χ0n) is 21.7. The molecular weight excluding hydrogens is 507 g/mol. The number of likely N-dealkylation sites (N-methyl/N-ethyl adjacent to an activating group) is 1. The Morgan fingerprint density at radius 2 is 1.63 bits per heavy atom. The van der Waals surface area contributed by atoms with Crippen LogP contribution in [0.3, 0.4) is 0 Å². The predicted molar refractivity (Wildman–Crippen MR) is 143 cm³/mol. The zero-order valence-corrected chi connectivity index (χ0v) is 22.6. The summed E-state index contributed by atoms with van der Waals surface area (Å²) in [7, 11) is -2.45. The number of aliphatic hydroxyl groups is 1. The van der Waals surface area contributed by atoms with Crippen molar-refractivity contribution in [3.8, 4) is 11.1 Å². The molecule has 38 heavy (non-hydrogen) atoms. The first-order valence-electron chi connectivity index (χ1n) is 12.6. The normalized spacial score (nSPS) is 19.4. The molecule has 1 aliphatic rings. The van der Waals surface area contributed by atoms with Gasteiger partial charge in [0.25, 0.3) is 5.91 Å². The third kappa shape index (κ3) is 5.81. The Balaban J connectivity index is 1.73. The molecule has 3 aromatic carbocycles. The van der Waals surface area contributed by atoms with E-state index in [2.05, 4.69) is 0 Å². The number of aliphatic hydroxyl groups excluding tert-OH is 1. The molecule has 202 valence electrons. The van der Waals surface area contributed by atoms with Gasteiger partial charge in [-0.15, -0.1) is 0 Å². The topological polar surface area (TPSA) is 87.2 Å². The molecule has 0 saturated carbocycles. The van der Waals surface area contributed by atoms with E-state index in [0.717, 1.165) is 28.8 Å². The minimum Gasteiger partial charge on any atom is -0.394 e. The maximum atomic E-state index is 13.9. The summed E-state index contributed by atoms with van der Waals surface area (Å²) in [6.45, 7) is 3.95. The largest absolute Gasteiger partial charge is 0.394 e. The molecule has 7 nitrogen and oxygen atoms in total. The Bertz CT molecular complexity index is 1380. The summed E-state index contributed by atoms with van der Waals surface area (Å²) in [5, 5.41) is 9.96. The van der Waals surface area contributed by atoms with Gasteiger partial charge in [-0.25, -0.2) is 12.8 Å². The number of amides is 1. The minimum absolute atomic E-state index is 0.0165. The molecule has 4 rings (SSSR count). The van der Waals surface area contributed by atoms with Gasteiger partial charge < -0.3 is 14.7 Å². The van der Waals surface area contributed by atoms with E-state index in [4.69, 9.17) is 4.74 Å². The fraction of sp³-hybridized carbons (Fsp3) is 0.345. The van der Waals surface area contributed by atoms with E-state index in [-0.39, 0.29) is 43.0 Å². The first kappa shape index (κ1) is 27.9. The minimum atomic E-state index is -3.91. The van der Waals surface area contributed by atoms with Crippen molar-refractivity contribution in [2.24, 2.45) is 5.92 Å². The van der Waals surface area contributed by atoms with E-state index >= 15 is 0 Å². The molecule has 1 aliphatic heterocycles. The van der Waals surface area contributed by atoms with Gasteiger partial charge in [-0.1, -0.05) is 49.4 Å². The molecule has 0 fully saturated rings. The van der Waals surface area contributed by atoms with E-state index < -0.39 is 28.0 Å². The second-order valence-corrected chi connectivity index (χ2v) is 11.8. The van der Waals surface area contributed by atoms with Gasteiger partial charge in [0.15, 0.2) is 0 Å². The molecule has 3 aromatic rings. The van der Waals surface area contributed by atoms with E-state index in [9.17, 15) is 22.7 Å². The summed E-state index contributed by atoms with van der Waals surface area (Å²) in [5.41, 5.74) is 3.03. The fourth-order valence-electron chi connectivity index (χ4n) is 4.69. The van der Waals surface area contributed by atoms with Crippen molar-refractivity contribution in [3.05, 3.63) is 89.7 Å². The molecule has 0 bridgehead atoms. The van der Waals surface area contributed by atoms with Gasteiger partial charge in [-0.05, 0) is 53.9 Å². The highest BCUT2D eigenvalue weighted by Crippen LogP contribution is 2.31. The van der Waals surface area contributed by atoms with Gasteiger partial charge in [0.2, 0.25) is 10.0 Å². The molecule has 0 spiro atoms. The third-order valence-electron chi connectivity index (χ3n) is 7.05. The lowest BCUT2D eigenvalue weighted by molar-refractivity contribution is -0.0146. The van der Waals surface area contributed by atoms with Crippen LogP contribution in [0.25, 0.3) is 11.1 Å². The summed E-state index contributed by atoms with van der Waals surface area (Å²) in [6.07, 6.45) is -0.578. The first-order valence-corrected chi connectivity index (χ1v) is 14.0. The van der Waals surface area contributed by atoms with E-state index in [1.54, 1.807) is 17.9 Å². The number of fused-ring (bicyclic) bond motifs is 3. The van der Waals surface area contributed by atoms with Gasteiger partial charge in [-0.3, -0.25) is 4.79 Å². The second-order valence-electron chi connectivity index (χ2n) is 9.76. The number of ether oxygens (including phenoxy) is 1. The second kappa shape index (κ2) is 11.7. The molecule has 0 radical (unpaired) electrons. The molecule has 1 N–H and O–H groups in total. The highest BCUT2D eigenvalue weighted by Gasteiger charge is 2.32. The van der Waals surface area contributed by atoms with E-state index in [0.29, 0.717) is 5.56 Å². The smallest absolute Gasteiger partial charge is 0.254 e. The van der Waals surface area contributed by atoms with Crippen molar-refractivity contribution in [1.29, 1.82) is 0 Å². The monoisotopic (exact) mass is 540 g/mol. The Morgan fingerprint density at radius 3 is 2.29 bits per heavy atom. The molecule has 0 saturated heterocycles. The van der Waals surface area contributed by atoms with Gasteiger partial charge in [0, 0.05) is 31.6 Å². The average Bonchev–Trinajstić information content (AvgIpc) is 2.94. The maximum Gasteiger partial charge on any atom is 0.254 e. The van der Waals surface area contributed by atoms with Gasteiger partial charge in [0.1, 0.15) is 5.82 Å². The number of sulfonamides is 1. The number of rotatable bonds is 6. The van der Waals surface area contributed by atoms with Gasteiger partial charge in [-0.2, -0.15) is 4.31 Å². The average molecular weight is 541 g/mol. The van der Waals surface area contributed by atoms with Gasteiger partial charge in [0.05, 0.1) is 30.3 Å². The summed E-state index contributed by atoms with van der Waals surface area (Å²) >= 11 is 0. The molecule has 9 heteroatoms. The zero-order chi connectivity index (χ0) is 27.4. The van der Waals surface area contributed by atoms with Crippen molar-refractivity contribution in [2.45, 2.75) is 37.5 Å². The van der Waals surface area contributed by atoms with Crippen LogP contribution in [-0.2, 0) is 21.4 Å². The van der Waals surface area contributed by atoms with E-state index in [1.165, 1.54) is 23.5 Å². The number of hydrogen-bond acceptors (Lipinski definition) is 5. The summed E-state index contributed by atoms with van der Waals surface area (Å²) < 4.78 is 47.4. The van der Waals surface area contributed by atoms with Crippen LogP contribution in [0.15, 0.2) is 77.7 Å². The van der Waals surface area contributed by atoms with E-state index in [1.807, 2.05) is 49.4 Å². The molecule has 0 unspecified atom stereocenters. The number of halogens is 1. The number of benzene rings is 3. The lowest BCUT2D eigenvalue weighted by atomic mass is 9.94. The number of carbonyl (C=O) groups excluding carboxylic acids is 1. The van der Waals surface area contributed by atoms with Crippen LogP contribution < -0.4 is 0 Å². The van der Waals surface area contributed by atoms with Crippen LogP contribution >= 0.6 is 0 Å². The van der Waals surface area contributed by atoms with Crippen molar-refractivity contribution >= 4 is 15.9 Å². The van der Waals surface area contributed by atoms with Gasteiger partial charge >= 0.3 is 0 Å².